The number of fused-ring (bicyclic) bond motifs is 5. The second-order valence-electron chi connectivity index (χ2n) is 16.0. The number of allylic oxidation sites excluding steroid dienone is 1. The average Bonchev–Trinajstić information content (AvgIpc) is 3.20. The van der Waals surface area contributed by atoms with Crippen LogP contribution in [-0.2, 0) is 4.74 Å². The molecule has 4 aliphatic carbocycles. The molecule has 0 aliphatic heterocycles. The summed E-state index contributed by atoms with van der Waals surface area (Å²) in [4.78, 5) is 15.2. The molecule has 0 aromatic rings. The number of hydrogen-bond acceptors (Lipinski definition) is 3. The molecule has 7 unspecified atom stereocenters. The number of nitrogens with two attached hydrogens (primary N) is 1. The molecule has 3 fully saturated rings. The highest BCUT2D eigenvalue weighted by atomic mass is 16.6. The summed E-state index contributed by atoms with van der Waals surface area (Å²) < 4.78 is 5.85. The highest BCUT2D eigenvalue weighted by Crippen LogP contribution is 2.67. The van der Waals surface area contributed by atoms with Gasteiger partial charge >= 0.3 is 6.09 Å². The lowest BCUT2D eigenvalue weighted by molar-refractivity contribution is -0.0556. The molecule has 0 aromatic carbocycles. The van der Waals surface area contributed by atoms with Crippen molar-refractivity contribution < 1.29 is 9.53 Å². The van der Waals surface area contributed by atoms with Gasteiger partial charge < -0.3 is 15.4 Å². The fourth-order valence-corrected chi connectivity index (χ4v) is 9.94. The van der Waals surface area contributed by atoms with Gasteiger partial charge in [0.15, 0.2) is 0 Å². The number of amides is 1. The molecule has 4 aliphatic rings. The second-order valence-corrected chi connectivity index (χ2v) is 16.0. The lowest BCUT2D eigenvalue weighted by atomic mass is 9.46. The van der Waals surface area contributed by atoms with Crippen molar-refractivity contribution in [3.05, 3.63) is 11.6 Å². The summed E-state index contributed by atoms with van der Waals surface area (Å²) >= 11 is 0. The van der Waals surface area contributed by atoms with Gasteiger partial charge in [0, 0.05) is 12.6 Å². The first kappa shape index (κ1) is 30.9. The van der Waals surface area contributed by atoms with Crippen molar-refractivity contribution in [2.24, 2.45) is 52.1 Å². The van der Waals surface area contributed by atoms with E-state index in [2.05, 4.69) is 40.7 Å². The van der Waals surface area contributed by atoms with Crippen LogP contribution in [0.5, 0.6) is 0 Å². The van der Waals surface area contributed by atoms with Crippen molar-refractivity contribution in [2.75, 3.05) is 13.1 Å². The number of hydrogen-bond donors (Lipinski definition) is 1. The summed E-state index contributed by atoms with van der Waals surface area (Å²) in [5.74, 6) is 5.16. The minimum Gasteiger partial charge on any atom is -0.444 e. The molecule has 2 N–H and O–H groups in total. The molecule has 0 heterocycles. The van der Waals surface area contributed by atoms with Gasteiger partial charge in [-0.2, -0.15) is 0 Å². The van der Waals surface area contributed by atoms with E-state index >= 15 is 0 Å². The van der Waals surface area contributed by atoms with Gasteiger partial charge in [-0.05, 0) is 131 Å². The fraction of sp³-hybridized carbons (Fsp3) is 0.914. The van der Waals surface area contributed by atoms with Crippen molar-refractivity contribution in [3.63, 3.8) is 0 Å². The Labute approximate surface area is 241 Å². The van der Waals surface area contributed by atoms with Crippen LogP contribution in [0.2, 0.25) is 0 Å². The summed E-state index contributed by atoms with van der Waals surface area (Å²) in [5, 5.41) is 0. The van der Waals surface area contributed by atoms with Gasteiger partial charge in [0.1, 0.15) is 5.60 Å². The van der Waals surface area contributed by atoms with Gasteiger partial charge in [-0.3, -0.25) is 0 Å². The van der Waals surface area contributed by atoms with Crippen LogP contribution in [0, 0.1) is 46.3 Å². The Morgan fingerprint density at radius 3 is 2.46 bits per heavy atom. The summed E-state index contributed by atoms with van der Waals surface area (Å²) in [6.45, 7) is 19.8. The van der Waals surface area contributed by atoms with E-state index in [1.807, 2.05) is 25.7 Å². The van der Waals surface area contributed by atoms with Gasteiger partial charge in [0.05, 0.1) is 0 Å². The third-order valence-corrected chi connectivity index (χ3v) is 12.0. The van der Waals surface area contributed by atoms with Gasteiger partial charge in [0.25, 0.3) is 0 Å². The molecule has 4 nitrogen and oxygen atoms in total. The number of carbonyl (C=O) groups is 1. The molecule has 3 saturated carbocycles. The Morgan fingerprint density at radius 2 is 1.79 bits per heavy atom. The summed E-state index contributed by atoms with van der Waals surface area (Å²) in [6, 6.07) is 0.235. The zero-order valence-electron chi connectivity index (χ0n) is 26.9. The Bertz CT molecular complexity index is 874. The summed E-state index contributed by atoms with van der Waals surface area (Å²) in [5.41, 5.74) is 7.86. The maximum absolute atomic E-state index is 13.2. The van der Waals surface area contributed by atoms with E-state index in [0.717, 1.165) is 54.8 Å². The van der Waals surface area contributed by atoms with Gasteiger partial charge in [-0.25, -0.2) is 4.79 Å². The molecule has 0 radical (unpaired) electrons. The molecule has 4 heteroatoms. The lowest BCUT2D eigenvalue weighted by Crippen LogP contribution is -2.53. The minimum absolute atomic E-state index is 0.160. The summed E-state index contributed by atoms with van der Waals surface area (Å²) in [7, 11) is 0. The number of ether oxygens (including phenoxy) is 1. The quantitative estimate of drug-likeness (QED) is 0.296. The van der Waals surface area contributed by atoms with Crippen molar-refractivity contribution in [2.45, 2.75) is 144 Å². The maximum atomic E-state index is 13.2. The molecular weight excluding hydrogens is 480 g/mol. The molecular formula is C35H62N2O2. The first-order valence-electron chi connectivity index (χ1n) is 16.7. The van der Waals surface area contributed by atoms with Crippen molar-refractivity contribution >= 4 is 6.09 Å². The molecule has 4 rings (SSSR count). The van der Waals surface area contributed by atoms with Crippen LogP contribution in [0.3, 0.4) is 0 Å². The first-order valence-corrected chi connectivity index (χ1v) is 16.7. The minimum atomic E-state index is -0.474. The maximum Gasteiger partial charge on any atom is 0.410 e. The van der Waals surface area contributed by atoms with E-state index in [0.29, 0.717) is 23.9 Å². The molecule has 39 heavy (non-hydrogen) atoms. The molecule has 8 atom stereocenters. The molecule has 0 saturated heterocycles. The second kappa shape index (κ2) is 12.1. The Balaban J connectivity index is 1.47. The number of nitrogens with zero attached hydrogens (tertiary/aromatic N) is 1. The molecule has 0 spiro atoms. The zero-order valence-corrected chi connectivity index (χ0v) is 26.9. The van der Waals surface area contributed by atoms with Crippen LogP contribution in [-0.4, -0.2) is 35.7 Å². The Kier molecular flexibility index (Phi) is 9.56. The van der Waals surface area contributed by atoms with Crippen molar-refractivity contribution in [3.8, 4) is 0 Å². The van der Waals surface area contributed by atoms with E-state index in [1.54, 1.807) is 5.57 Å². The first-order chi connectivity index (χ1) is 18.3. The molecule has 0 bridgehead atoms. The van der Waals surface area contributed by atoms with Crippen molar-refractivity contribution in [1.29, 1.82) is 0 Å². The predicted molar refractivity (Wildman–Crippen MR) is 163 cm³/mol. The van der Waals surface area contributed by atoms with Crippen LogP contribution in [0.4, 0.5) is 4.79 Å². The van der Waals surface area contributed by atoms with E-state index < -0.39 is 5.60 Å². The Hall–Kier alpha value is -1.03. The zero-order chi connectivity index (χ0) is 28.6. The third-order valence-electron chi connectivity index (χ3n) is 12.0. The molecule has 0 aromatic heterocycles. The van der Waals surface area contributed by atoms with E-state index in [1.165, 1.54) is 57.8 Å². The highest BCUT2D eigenvalue weighted by molar-refractivity contribution is 5.68. The SMILES string of the molecule is CC(C)CCC[C@@H](C)C1CCC2C3CC=C4CC(N(CCCN)C(=O)OC(C)(C)C)CCC4(C)C3CCC21C. The smallest absolute Gasteiger partial charge is 0.410 e. The fourth-order valence-electron chi connectivity index (χ4n) is 9.94. The molecule has 1 amide bonds. The monoisotopic (exact) mass is 542 g/mol. The van der Waals surface area contributed by atoms with Crippen LogP contribution >= 0.6 is 0 Å². The third kappa shape index (κ3) is 6.41. The topological polar surface area (TPSA) is 55.6 Å². The van der Waals surface area contributed by atoms with Gasteiger partial charge in [-0.1, -0.05) is 65.5 Å². The number of carbonyl (C=O) groups excluding carboxylic acids is 1. The van der Waals surface area contributed by atoms with Crippen LogP contribution < -0.4 is 5.73 Å². The van der Waals surface area contributed by atoms with Crippen molar-refractivity contribution in [1.82, 2.24) is 4.90 Å². The average molecular weight is 543 g/mol. The van der Waals surface area contributed by atoms with Crippen LogP contribution in [0.25, 0.3) is 0 Å². The predicted octanol–water partition coefficient (Wildman–Crippen LogP) is 8.98. The summed E-state index contributed by atoms with van der Waals surface area (Å²) in [6.07, 6.45) is 17.8. The number of rotatable bonds is 9. The van der Waals surface area contributed by atoms with E-state index in [4.69, 9.17) is 10.5 Å². The van der Waals surface area contributed by atoms with Gasteiger partial charge in [0.2, 0.25) is 0 Å². The highest BCUT2D eigenvalue weighted by Gasteiger charge is 2.59. The largest absolute Gasteiger partial charge is 0.444 e. The van der Waals surface area contributed by atoms with Crippen LogP contribution in [0.15, 0.2) is 11.6 Å². The van der Waals surface area contributed by atoms with E-state index in [9.17, 15) is 4.79 Å². The standard InChI is InChI=1S/C35H62N2O2/c1-24(2)11-9-12-25(3)29-15-16-30-28-14-13-26-23-27(37(22-10-21-36)32(38)39-33(4,5)6)17-19-34(26,7)31(28)18-20-35(29,30)8/h13,24-25,27-31H,9-12,14-23,36H2,1-8H3/t25-,27?,28?,29?,30?,31?,34?,35?/m1/s1. The lowest BCUT2D eigenvalue weighted by Gasteiger charge is -2.59. The van der Waals surface area contributed by atoms with Crippen LogP contribution in [0.1, 0.15) is 132 Å². The molecule has 224 valence electrons. The van der Waals surface area contributed by atoms with E-state index in [-0.39, 0.29) is 12.1 Å². The van der Waals surface area contributed by atoms with Gasteiger partial charge in [-0.15, -0.1) is 0 Å². The Morgan fingerprint density at radius 1 is 1.05 bits per heavy atom. The normalized spacial score (nSPS) is 37.0.